The van der Waals surface area contributed by atoms with E-state index in [0.29, 0.717) is 36.4 Å². The van der Waals surface area contributed by atoms with E-state index >= 15 is 0 Å². The molecule has 0 radical (unpaired) electrons. The molecule has 2 aromatic carbocycles. The van der Waals surface area contributed by atoms with Crippen molar-refractivity contribution in [3.8, 4) is 11.5 Å². The summed E-state index contributed by atoms with van der Waals surface area (Å²) in [6, 6.07) is 10.3. The molecule has 0 heterocycles. The number of sulfonamides is 1. The Kier molecular flexibility index (Phi) is 8.65. The number of benzene rings is 2. The number of primary sulfonamides is 1. The summed E-state index contributed by atoms with van der Waals surface area (Å²) in [5, 5.41) is 8.21. The topological polar surface area (TPSA) is 117 Å². The first kappa shape index (κ1) is 25.6. The van der Waals surface area contributed by atoms with Gasteiger partial charge in [0.25, 0.3) is 5.91 Å². The predicted octanol–water partition coefficient (Wildman–Crippen LogP) is 2.64. The van der Waals surface area contributed by atoms with Crippen LogP contribution in [0.15, 0.2) is 41.3 Å². The van der Waals surface area contributed by atoms with Gasteiger partial charge in [0.1, 0.15) is 23.0 Å². The highest BCUT2D eigenvalue weighted by Crippen LogP contribution is 2.28. The molecule has 0 saturated carbocycles. The van der Waals surface area contributed by atoms with E-state index in [4.69, 9.17) is 19.3 Å². The maximum atomic E-state index is 12.8. The molecule has 3 N–H and O–H groups in total. The molecule has 0 aromatic heterocycles. The third-order valence-corrected chi connectivity index (χ3v) is 5.80. The Hall–Kier alpha value is -2.62. The smallest absolute Gasteiger partial charge is 0.255 e. The molecule has 0 atom stereocenters. The molecule has 0 aliphatic carbocycles. The highest BCUT2D eigenvalue weighted by Gasteiger charge is 2.20. The Morgan fingerprint density at radius 3 is 2.31 bits per heavy atom. The van der Waals surface area contributed by atoms with Crippen molar-refractivity contribution in [2.24, 2.45) is 5.14 Å². The number of ether oxygens (including phenoxy) is 3. The summed E-state index contributed by atoms with van der Waals surface area (Å²) in [5.74, 6) is 0.393. The zero-order chi connectivity index (χ0) is 23.9. The van der Waals surface area contributed by atoms with Crippen LogP contribution in [0.4, 0.5) is 0 Å². The van der Waals surface area contributed by atoms with Gasteiger partial charge < -0.3 is 19.5 Å². The van der Waals surface area contributed by atoms with E-state index < -0.39 is 10.0 Å². The first-order valence-electron chi connectivity index (χ1n) is 10.2. The number of amides is 1. The molecular formula is C23H32N2O6S. The van der Waals surface area contributed by atoms with Gasteiger partial charge in [-0.05, 0) is 47.2 Å². The number of carbonyl (C=O) groups excluding carboxylic acids is 1. The van der Waals surface area contributed by atoms with Crippen molar-refractivity contribution < 1.29 is 27.4 Å². The molecule has 0 saturated heterocycles. The second-order valence-electron chi connectivity index (χ2n) is 8.34. The minimum atomic E-state index is -3.97. The molecule has 2 rings (SSSR count). The maximum absolute atomic E-state index is 12.8. The molecule has 8 nitrogen and oxygen atoms in total. The first-order valence-corrected chi connectivity index (χ1v) is 11.8. The molecule has 0 bridgehead atoms. The molecule has 1 amide bonds. The van der Waals surface area contributed by atoms with Gasteiger partial charge in [0.15, 0.2) is 0 Å². The monoisotopic (exact) mass is 464 g/mol. The van der Waals surface area contributed by atoms with E-state index in [0.717, 1.165) is 5.56 Å². The molecule has 0 fully saturated rings. The molecule has 0 aliphatic rings. The lowest BCUT2D eigenvalue weighted by molar-refractivity contribution is 0.0951. The number of carbonyl (C=O) groups is 1. The fourth-order valence-corrected chi connectivity index (χ4v) is 3.78. The lowest BCUT2D eigenvalue weighted by Gasteiger charge is -2.21. The van der Waals surface area contributed by atoms with Crippen molar-refractivity contribution in [2.45, 2.75) is 37.5 Å². The SMILES string of the molecule is COCCOc1ccc(CCNC(=O)c2cc(C(C)(C)C)ccc2OC)cc1S(N)(=O)=O. The summed E-state index contributed by atoms with van der Waals surface area (Å²) in [5.41, 5.74) is 2.06. The summed E-state index contributed by atoms with van der Waals surface area (Å²) < 4.78 is 39.7. The van der Waals surface area contributed by atoms with E-state index in [-0.39, 0.29) is 28.6 Å². The van der Waals surface area contributed by atoms with E-state index in [1.165, 1.54) is 20.3 Å². The highest BCUT2D eigenvalue weighted by molar-refractivity contribution is 7.89. The Morgan fingerprint density at radius 1 is 1.03 bits per heavy atom. The quantitative estimate of drug-likeness (QED) is 0.522. The Balaban J connectivity index is 2.12. The molecule has 0 unspecified atom stereocenters. The van der Waals surface area contributed by atoms with Crippen LogP contribution in [0.1, 0.15) is 42.3 Å². The number of nitrogens with one attached hydrogen (secondary N) is 1. The standard InChI is InChI=1S/C23H32N2O6S/c1-23(2,3)17-7-9-19(30-5)18(15-17)22(26)25-11-10-16-6-8-20(31-13-12-29-4)21(14-16)32(24,27)28/h6-9,14-15H,10-13H2,1-5H3,(H,25,26)(H2,24,27,28). The van der Waals surface area contributed by atoms with Crippen LogP contribution in [0.3, 0.4) is 0 Å². The molecule has 0 spiro atoms. The number of nitrogens with two attached hydrogens (primary N) is 1. The average Bonchev–Trinajstić information content (AvgIpc) is 2.72. The van der Waals surface area contributed by atoms with Gasteiger partial charge in [-0.25, -0.2) is 13.6 Å². The van der Waals surface area contributed by atoms with E-state index in [2.05, 4.69) is 26.1 Å². The zero-order valence-corrected chi connectivity index (χ0v) is 20.0. The van der Waals surface area contributed by atoms with Gasteiger partial charge in [-0.3, -0.25) is 4.79 Å². The molecular weight excluding hydrogens is 432 g/mol. The van der Waals surface area contributed by atoms with Gasteiger partial charge in [0.2, 0.25) is 10.0 Å². The summed E-state index contributed by atoms with van der Waals surface area (Å²) in [6.07, 6.45) is 0.411. The van der Waals surface area contributed by atoms with E-state index in [1.807, 2.05) is 12.1 Å². The van der Waals surface area contributed by atoms with Gasteiger partial charge >= 0.3 is 0 Å². The van der Waals surface area contributed by atoms with Gasteiger partial charge in [0, 0.05) is 13.7 Å². The van der Waals surface area contributed by atoms with Crippen LogP contribution >= 0.6 is 0 Å². The van der Waals surface area contributed by atoms with Crippen molar-refractivity contribution in [1.82, 2.24) is 5.32 Å². The lowest BCUT2D eigenvalue weighted by Crippen LogP contribution is -2.27. The molecule has 0 aliphatic heterocycles. The van der Waals surface area contributed by atoms with Crippen LogP contribution in [0.25, 0.3) is 0 Å². The van der Waals surface area contributed by atoms with Crippen LogP contribution in [-0.4, -0.2) is 48.3 Å². The molecule has 176 valence electrons. The molecule has 2 aromatic rings. The number of hydrogen-bond acceptors (Lipinski definition) is 6. The van der Waals surface area contributed by atoms with Gasteiger partial charge in [-0.2, -0.15) is 0 Å². The average molecular weight is 465 g/mol. The van der Waals surface area contributed by atoms with E-state index in [9.17, 15) is 13.2 Å². The minimum Gasteiger partial charge on any atom is -0.496 e. The summed E-state index contributed by atoms with van der Waals surface area (Å²) >= 11 is 0. The Bertz CT molecular complexity index is 1040. The van der Waals surface area contributed by atoms with Gasteiger partial charge in [-0.1, -0.05) is 32.9 Å². The molecule has 32 heavy (non-hydrogen) atoms. The van der Waals surface area contributed by atoms with Crippen LogP contribution in [0.2, 0.25) is 0 Å². The molecule has 9 heteroatoms. The lowest BCUT2D eigenvalue weighted by atomic mass is 9.86. The summed E-state index contributed by atoms with van der Waals surface area (Å²) in [6.45, 7) is 7.03. The first-order chi connectivity index (χ1) is 15.0. The van der Waals surface area contributed by atoms with Crippen LogP contribution in [0, 0.1) is 0 Å². The fraction of sp³-hybridized carbons (Fsp3) is 0.435. The number of hydrogen-bond donors (Lipinski definition) is 2. The predicted molar refractivity (Wildman–Crippen MR) is 123 cm³/mol. The minimum absolute atomic E-state index is 0.100. The summed E-state index contributed by atoms with van der Waals surface area (Å²) in [4.78, 5) is 12.7. The largest absolute Gasteiger partial charge is 0.496 e. The number of rotatable bonds is 10. The van der Waals surface area contributed by atoms with Crippen LogP contribution in [-0.2, 0) is 26.6 Å². The third kappa shape index (κ3) is 6.94. The van der Waals surface area contributed by atoms with Crippen molar-refractivity contribution in [3.63, 3.8) is 0 Å². The fourth-order valence-electron chi connectivity index (χ4n) is 3.05. The Morgan fingerprint density at radius 2 is 1.72 bits per heavy atom. The van der Waals surface area contributed by atoms with Crippen LogP contribution < -0.4 is 19.9 Å². The van der Waals surface area contributed by atoms with Crippen molar-refractivity contribution in [2.75, 3.05) is 34.0 Å². The van der Waals surface area contributed by atoms with Crippen molar-refractivity contribution in [1.29, 1.82) is 0 Å². The third-order valence-electron chi connectivity index (χ3n) is 4.87. The van der Waals surface area contributed by atoms with Crippen molar-refractivity contribution in [3.05, 3.63) is 53.1 Å². The van der Waals surface area contributed by atoms with Gasteiger partial charge in [0.05, 0.1) is 19.3 Å². The highest BCUT2D eigenvalue weighted by atomic mass is 32.2. The second kappa shape index (κ2) is 10.8. The number of methoxy groups -OCH3 is 2. The normalized spacial score (nSPS) is 11.8. The summed E-state index contributed by atoms with van der Waals surface area (Å²) in [7, 11) is -0.929. The van der Waals surface area contributed by atoms with Crippen molar-refractivity contribution >= 4 is 15.9 Å². The zero-order valence-electron chi connectivity index (χ0n) is 19.2. The second-order valence-corrected chi connectivity index (χ2v) is 9.87. The maximum Gasteiger partial charge on any atom is 0.255 e. The van der Waals surface area contributed by atoms with E-state index in [1.54, 1.807) is 18.2 Å². The van der Waals surface area contributed by atoms with Crippen LogP contribution in [0.5, 0.6) is 11.5 Å². The van der Waals surface area contributed by atoms with Gasteiger partial charge in [-0.15, -0.1) is 0 Å². The Labute approximate surface area is 190 Å².